The third-order valence-corrected chi connectivity index (χ3v) is 3.35. The molecular formula is C15H12N2O4S. The summed E-state index contributed by atoms with van der Waals surface area (Å²) in [7, 11) is 0. The predicted molar refractivity (Wildman–Crippen MR) is 80.6 cm³/mol. The number of alkyl carbamates (subject to hydrolysis) is 1. The summed E-state index contributed by atoms with van der Waals surface area (Å²) in [5, 5.41) is 11.6. The van der Waals surface area contributed by atoms with E-state index in [-0.39, 0.29) is 18.0 Å². The number of carbonyl (C=O) groups is 2. The van der Waals surface area contributed by atoms with Crippen molar-refractivity contribution in [2.75, 3.05) is 6.54 Å². The maximum atomic E-state index is 11.4. The highest BCUT2D eigenvalue weighted by atomic mass is 32.1. The number of hydrogen-bond acceptors (Lipinski definition) is 5. The minimum Gasteiger partial charge on any atom is -0.477 e. The number of hydrogen-bond donors (Lipinski definition) is 2. The molecule has 0 aliphatic rings. The fraction of sp³-hybridized carbons (Fsp3) is 0.133. The van der Waals surface area contributed by atoms with Crippen molar-refractivity contribution in [1.29, 1.82) is 0 Å². The van der Waals surface area contributed by atoms with Gasteiger partial charge in [0, 0.05) is 0 Å². The lowest BCUT2D eigenvalue weighted by Gasteiger charge is -2.04. The van der Waals surface area contributed by atoms with Crippen LogP contribution in [-0.2, 0) is 11.3 Å². The Hall–Kier alpha value is -2.85. The molecule has 0 fully saturated rings. The second kappa shape index (κ2) is 7.81. The van der Waals surface area contributed by atoms with Gasteiger partial charge in [-0.3, -0.25) is 0 Å². The van der Waals surface area contributed by atoms with Gasteiger partial charge in [-0.05, 0) is 11.5 Å². The second-order valence-corrected chi connectivity index (χ2v) is 5.08. The topological polar surface area (TPSA) is 88.5 Å². The van der Waals surface area contributed by atoms with Crippen LogP contribution in [0.25, 0.3) is 0 Å². The van der Waals surface area contributed by atoms with Crippen LogP contribution in [0.4, 0.5) is 4.79 Å². The number of rotatable bonds is 4. The molecule has 1 aromatic heterocycles. The van der Waals surface area contributed by atoms with Gasteiger partial charge in [-0.25, -0.2) is 14.6 Å². The lowest BCUT2D eigenvalue weighted by molar-refractivity contribution is 0.0702. The molecule has 2 aromatic rings. The van der Waals surface area contributed by atoms with Crippen LogP contribution in [0.2, 0.25) is 0 Å². The molecule has 0 unspecified atom stereocenters. The number of carboxylic acid groups (broad SMARTS) is 1. The molecule has 0 saturated heterocycles. The molecule has 0 radical (unpaired) electrons. The lowest BCUT2D eigenvalue weighted by Crippen LogP contribution is -2.24. The Morgan fingerprint density at radius 1 is 1.32 bits per heavy atom. The zero-order valence-corrected chi connectivity index (χ0v) is 12.2. The molecule has 7 heteroatoms. The van der Waals surface area contributed by atoms with Crippen molar-refractivity contribution in [1.82, 2.24) is 10.3 Å². The Morgan fingerprint density at radius 3 is 2.77 bits per heavy atom. The summed E-state index contributed by atoms with van der Waals surface area (Å²) in [6.07, 6.45) is 0.682. The number of nitrogens with zero attached hydrogens (tertiary/aromatic N) is 1. The van der Waals surface area contributed by atoms with E-state index in [1.54, 1.807) is 0 Å². The van der Waals surface area contributed by atoms with Gasteiger partial charge in [-0.15, -0.1) is 0 Å². The van der Waals surface area contributed by atoms with E-state index in [2.05, 4.69) is 22.1 Å². The van der Waals surface area contributed by atoms with Crippen LogP contribution in [0, 0.1) is 11.8 Å². The Morgan fingerprint density at radius 2 is 2.09 bits per heavy atom. The van der Waals surface area contributed by atoms with E-state index in [0.29, 0.717) is 5.01 Å². The van der Waals surface area contributed by atoms with Crippen molar-refractivity contribution in [2.24, 2.45) is 0 Å². The van der Waals surface area contributed by atoms with E-state index < -0.39 is 12.1 Å². The first-order valence-electron chi connectivity index (χ1n) is 6.27. The summed E-state index contributed by atoms with van der Waals surface area (Å²) in [6, 6.07) is 9.32. The molecular weight excluding hydrogens is 304 g/mol. The smallest absolute Gasteiger partial charge is 0.408 e. The standard InChI is InChI=1S/C15H12N2O4S/c18-14(19)12-9-17-13(22-12)7-4-8-16-15(20)21-10-11-5-2-1-3-6-11/h1-3,5-6,9H,8,10H2,(H,16,20)(H,18,19). The SMILES string of the molecule is O=C(NCC#Cc1ncc(C(=O)O)s1)OCc1ccccc1. The number of carboxylic acids is 1. The fourth-order valence-electron chi connectivity index (χ4n) is 1.44. The molecule has 0 saturated carbocycles. The second-order valence-electron chi connectivity index (χ2n) is 4.05. The van der Waals surface area contributed by atoms with Crippen LogP contribution in [-0.4, -0.2) is 28.7 Å². The molecule has 6 nitrogen and oxygen atoms in total. The molecule has 0 bridgehead atoms. The summed E-state index contributed by atoms with van der Waals surface area (Å²) >= 11 is 0.979. The number of benzene rings is 1. The maximum absolute atomic E-state index is 11.4. The maximum Gasteiger partial charge on any atom is 0.408 e. The van der Waals surface area contributed by atoms with Gasteiger partial charge in [-0.1, -0.05) is 47.6 Å². The molecule has 0 aliphatic carbocycles. The minimum atomic E-state index is -1.03. The summed E-state index contributed by atoms with van der Waals surface area (Å²) in [4.78, 5) is 26.1. The van der Waals surface area contributed by atoms with Crippen molar-refractivity contribution in [3.8, 4) is 11.8 Å². The Balaban J connectivity index is 1.73. The van der Waals surface area contributed by atoms with Gasteiger partial charge in [0.05, 0.1) is 12.7 Å². The number of carbonyl (C=O) groups excluding carboxylic acids is 1. The zero-order chi connectivity index (χ0) is 15.8. The lowest BCUT2D eigenvalue weighted by atomic mass is 10.2. The van der Waals surface area contributed by atoms with Crippen LogP contribution in [0.5, 0.6) is 0 Å². The molecule has 112 valence electrons. The molecule has 0 atom stereocenters. The summed E-state index contributed by atoms with van der Waals surface area (Å²) in [5.74, 6) is 4.31. The van der Waals surface area contributed by atoms with Gasteiger partial charge in [-0.2, -0.15) is 0 Å². The zero-order valence-electron chi connectivity index (χ0n) is 11.4. The van der Waals surface area contributed by atoms with Crippen LogP contribution in [0.3, 0.4) is 0 Å². The highest BCUT2D eigenvalue weighted by molar-refractivity contribution is 7.14. The van der Waals surface area contributed by atoms with Crippen molar-refractivity contribution >= 4 is 23.4 Å². The predicted octanol–water partition coefficient (Wildman–Crippen LogP) is 2.12. The number of aromatic carboxylic acids is 1. The van der Waals surface area contributed by atoms with Gasteiger partial charge >= 0.3 is 12.1 Å². The first-order valence-corrected chi connectivity index (χ1v) is 7.09. The van der Waals surface area contributed by atoms with E-state index in [0.717, 1.165) is 16.9 Å². The monoisotopic (exact) mass is 316 g/mol. The average molecular weight is 316 g/mol. The van der Waals surface area contributed by atoms with Gasteiger partial charge in [0.2, 0.25) is 0 Å². The quantitative estimate of drug-likeness (QED) is 0.844. The van der Waals surface area contributed by atoms with Crippen LogP contribution < -0.4 is 5.32 Å². The van der Waals surface area contributed by atoms with Crippen molar-refractivity contribution in [3.63, 3.8) is 0 Å². The van der Waals surface area contributed by atoms with Crippen molar-refractivity contribution in [3.05, 3.63) is 52.0 Å². The number of aromatic nitrogens is 1. The molecule has 1 heterocycles. The molecule has 2 rings (SSSR count). The number of amides is 1. The van der Waals surface area contributed by atoms with Crippen molar-refractivity contribution in [2.45, 2.75) is 6.61 Å². The Labute approximate surface area is 130 Å². The van der Waals surface area contributed by atoms with Crippen LogP contribution >= 0.6 is 11.3 Å². The third-order valence-electron chi connectivity index (χ3n) is 2.45. The minimum absolute atomic E-state index is 0.0929. The van der Waals surface area contributed by atoms with E-state index in [1.165, 1.54) is 6.20 Å². The summed E-state index contributed by atoms with van der Waals surface area (Å²) in [6.45, 7) is 0.282. The van der Waals surface area contributed by atoms with E-state index in [9.17, 15) is 9.59 Å². The molecule has 2 N–H and O–H groups in total. The van der Waals surface area contributed by atoms with E-state index >= 15 is 0 Å². The van der Waals surface area contributed by atoms with Gasteiger partial charge in [0.15, 0.2) is 5.01 Å². The van der Waals surface area contributed by atoms with Gasteiger partial charge < -0.3 is 15.2 Å². The largest absolute Gasteiger partial charge is 0.477 e. The number of nitrogens with one attached hydrogen (secondary N) is 1. The summed E-state index contributed by atoms with van der Waals surface area (Å²) in [5.41, 5.74) is 0.896. The average Bonchev–Trinajstić information content (AvgIpc) is 3.00. The van der Waals surface area contributed by atoms with Crippen molar-refractivity contribution < 1.29 is 19.4 Å². The molecule has 0 spiro atoms. The number of thiazole rings is 1. The normalized spacial score (nSPS) is 9.45. The number of ether oxygens (including phenoxy) is 1. The van der Waals surface area contributed by atoms with Crippen LogP contribution in [0.1, 0.15) is 20.2 Å². The highest BCUT2D eigenvalue weighted by Gasteiger charge is 2.06. The third kappa shape index (κ3) is 4.92. The van der Waals surface area contributed by atoms with Gasteiger partial charge in [0.25, 0.3) is 0 Å². The highest BCUT2D eigenvalue weighted by Crippen LogP contribution is 2.10. The van der Waals surface area contributed by atoms with Gasteiger partial charge in [0.1, 0.15) is 11.5 Å². The van der Waals surface area contributed by atoms with Crippen LogP contribution in [0.15, 0.2) is 36.5 Å². The Bertz CT molecular complexity index is 716. The molecule has 22 heavy (non-hydrogen) atoms. The first-order chi connectivity index (χ1) is 10.6. The fourth-order valence-corrected chi connectivity index (χ4v) is 2.07. The molecule has 1 aromatic carbocycles. The Kier molecular flexibility index (Phi) is 5.51. The first kappa shape index (κ1) is 15.5. The van der Waals surface area contributed by atoms with E-state index in [1.807, 2.05) is 30.3 Å². The molecule has 0 aliphatic heterocycles. The van der Waals surface area contributed by atoms with E-state index in [4.69, 9.17) is 9.84 Å². The molecule has 1 amide bonds. The summed E-state index contributed by atoms with van der Waals surface area (Å²) < 4.78 is 5.01.